The number of aromatic nitrogens is 1. The van der Waals surface area contributed by atoms with Gasteiger partial charge in [-0.15, -0.1) is 0 Å². The Labute approximate surface area is 86.3 Å². The van der Waals surface area contributed by atoms with Crippen molar-refractivity contribution in [1.29, 1.82) is 0 Å². The smallest absolute Gasteiger partial charge is 0.280 e. The number of anilines is 1. The fourth-order valence-electron chi connectivity index (χ4n) is 0.624. The van der Waals surface area contributed by atoms with E-state index < -0.39 is 6.43 Å². The molecule has 0 aliphatic carbocycles. The highest BCUT2D eigenvalue weighted by molar-refractivity contribution is 14.1. The van der Waals surface area contributed by atoms with Gasteiger partial charge in [0.25, 0.3) is 6.43 Å². The number of pyridine rings is 1. The maximum atomic E-state index is 12.1. The first-order chi connectivity index (χ1) is 5.52. The Balaban J connectivity index is 3.21. The fraction of sp³-hybridized carbons (Fsp3) is 0.167. The normalized spacial score (nSPS) is 10.8. The van der Waals surface area contributed by atoms with Crippen LogP contribution >= 0.6 is 34.2 Å². The summed E-state index contributed by atoms with van der Waals surface area (Å²) in [5.74, 6) is 0. The molecule has 0 fully saturated rings. The van der Waals surface area contributed by atoms with Crippen molar-refractivity contribution >= 4 is 39.9 Å². The molecule has 66 valence electrons. The Kier molecular flexibility index (Phi) is 3.05. The van der Waals surface area contributed by atoms with Gasteiger partial charge in [-0.1, -0.05) is 11.6 Å². The van der Waals surface area contributed by atoms with Crippen LogP contribution < -0.4 is 5.73 Å². The molecule has 0 unspecified atom stereocenters. The van der Waals surface area contributed by atoms with Gasteiger partial charge in [0.15, 0.2) is 5.15 Å². The number of nitrogen functional groups attached to an aromatic ring is 1. The second-order valence-corrected chi connectivity index (χ2v) is 3.55. The molecule has 0 amide bonds. The van der Waals surface area contributed by atoms with Crippen molar-refractivity contribution in [2.24, 2.45) is 0 Å². The molecular formula is C6H4ClF2IN2. The number of halogens is 4. The van der Waals surface area contributed by atoms with Crippen LogP contribution in [0.5, 0.6) is 0 Å². The summed E-state index contributed by atoms with van der Waals surface area (Å²) < 4.78 is 24.7. The summed E-state index contributed by atoms with van der Waals surface area (Å²) in [6, 6.07) is 1.21. The third kappa shape index (κ3) is 1.95. The fourth-order valence-corrected chi connectivity index (χ4v) is 1.56. The van der Waals surface area contributed by atoms with Gasteiger partial charge in [0.05, 0.1) is 5.69 Å². The van der Waals surface area contributed by atoms with E-state index in [4.69, 9.17) is 17.3 Å². The third-order valence-corrected chi connectivity index (χ3v) is 2.39. The number of rotatable bonds is 1. The molecule has 1 aromatic heterocycles. The predicted molar refractivity (Wildman–Crippen MR) is 51.3 cm³/mol. The number of nitrogens with two attached hydrogens (primary N) is 1. The Bertz CT molecular complexity index is 283. The summed E-state index contributed by atoms with van der Waals surface area (Å²) in [7, 11) is 0. The van der Waals surface area contributed by atoms with Gasteiger partial charge < -0.3 is 5.73 Å². The Morgan fingerprint density at radius 2 is 2.17 bits per heavy atom. The van der Waals surface area contributed by atoms with E-state index in [-0.39, 0.29) is 16.5 Å². The molecule has 0 radical (unpaired) electrons. The SMILES string of the molecule is Nc1c(I)cc(C(F)F)nc1Cl. The van der Waals surface area contributed by atoms with Crippen LogP contribution in [0.3, 0.4) is 0 Å². The topological polar surface area (TPSA) is 38.9 Å². The lowest BCUT2D eigenvalue weighted by Gasteiger charge is -2.03. The Morgan fingerprint density at radius 3 is 2.58 bits per heavy atom. The quantitative estimate of drug-likeness (QED) is 0.640. The van der Waals surface area contributed by atoms with Gasteiger partial charge in [-0.3, -0.25) is 0 Å². The summed E-state index contributed by atoms with van der Waals surface area (Å²) in [6.45, 7) is 0. The average Bonchev–Trinajstić information content (AvgIpc) is 1.99. The van der Waals surface area contributed by atoms with Gasteiger partial charge in [-0.2, -0.15) is 0 Å². The van der Waals surface area contributed by atoms with Gasteiger partial charge in [0.1, 0.15) is 5.69 Å². The summed E-state index contributed by atoms with van der Waals surface area (Å²) >= 11 is 7.32. The molecule has 1 aromatic rings. The first-order valence-electron chi connectivity index (χ1n) is 2.92. The molecule has 0 spiro atoms. The molecule has 0 saturated carbocycles. The van der Waals surface area contributed by atoms with Gasteiger partial charge in [0.2, 0.25) is 0 Å². The van der Waals surface area contributed by atoms with Gasteiger partial charge in [-0.05, 0) is 28.7 Å². The number of alkyl halides is 2. The van der Waals surface area contributed by atoms with E-state index in [2.05, 4.69) is 4.98 Å². The van der Waals surface area contributed by atoms with E-state index >= 15 is 0 Å². The highest BCUT2D eigenvalue weighted by Gasteiger charge is 2.13. The van der Waals surface area contributed by atoms with Crippen LogP contribution in [0.25, 0.3) is 0 Å². The second-order valence-electron chi connectivity index (χ2n) is 2.03. The van der Waals surface area contributed by atoms with Gasteiger partial charge in [-0.25, -0.2) is 13.8 Å². The lowest BCUT2D eigenvalue weighted by Crippen LogP contribution is -1.98. The van der Waals surface area contributed by atoms with Crippen molar-refractivity contribution in [3.63, 3.8) is 0 Å². The first kappa shape index (κ1) is 9.91. The summed E-state index contributed by atoms with van der Waals surface area (Å²) in [5, 5.41) is -0.0720. The molecule has 0 bridgehead atoms. The lowest BCUT2D eigenvalue weighted by atomic mass is 10.3. The van der Waals surface area contributed by atoms with Crippen molar-refractivity contribution in [1.82, 2.24) is 4.98 Å². The van der Waals surface area contributed by atoms with Crippen LogP contribution in [0.1, 0.15) is 12.1 Å². The van der Waals surface area contributed by atoms with Crippen LogP contribution in [0.4, 0.5) is 14.5 Å². The molecule has 0 atom stereocenters. The minimum atomic E-state index is -2.61. The van der Waals surface area contributed by atoms with Crippen LogP contribution in [0.2, 0.25) is 5.15 Å². The summed E-state index contributed by atoms with van der Waals surface area (Å²) in [6.07, 6.45) is -2.61. The largest absolute Gasteiger partial charge is 0.395 e. The number of hydrogen-bond acceptors (Lipinski definition) is 2. The zero-order valence-electron chi connectivity index (χ0n) is 5.69. The van der Waals surface area contributed by atoms with Gasteiger partial charge in [0, 0.05) is 3.57 Å². The Hall–Kier alpha value is -0.170. The van der Waals surface area contributed by atoms with Crippen molar-refractivity contribution < 1.29 is 8.78 Å². The van der Waals surface area contributed by atoms with E-state index in [1.165, 1.54) is 6.07 Å². The molecule has 0 aliphatic rings. The lowest BCUT2D eigenvalue weighted by molar-refractivity contribution is 0.146. The zero-order chi connectivity index (χ0) is 9.30. The molecule has 0 aliphatic heterocycles. The van der Waals surface area contributed by atoms with E-state index in [1.807, 2.05) is 22.6 Å². The van der Waals surface area contributed by atoms with Crippen LogP contribution in [-0.4, -0.2) is 4.98 Å². The van der Waals surface area contributed by atoms with Crippen molar-refractivity contribution in [2.75, 3.05) is 5.73 Å². The van der Waals surface area contributed by atoms with Gasteiger partial charge >= 0.3 is 0 Å². The minimum absolute atomic E-state index is 0.0720. The third-order valence-electron chi connectivity index (χ3n) is 1.20. The summed E-state index contributed by atoms with van der Waals surface area (Å²) in [5.41, 5.74) is 5.29. The monoisotopic (exact) mass is 304 g/mol. The highest BCUT2D eigenvalue weighted by atomic mass is 127. The minimum Gasteiger partial charge on any atom is -0.395 e. The maximum absolute atomic E-state index is 12.1. The van der Waals surface area contributed by atoms with Crippen LogP contribution in [-0.2, 0) is 0 Å². The van der Waals surface area contributed by atoms with E-state index in [0.717, 1.165) is 0 Å². The molecule has 6 heteroatoms. The molecule has 2 N–H and O–H groups in total. The summed E-state index contributed by atoms with van der Waals surface area (Å²) in [4.78, 5) is 3.42. The number of hydrogen-bond donors (Lipinski definition) is 1. The van der Waals surface area contributed by atoms with Crippen LogP contribution in [0, 0.1) is 3.57 Å². The first-order valence-corrected chi connectivity index (χ1v) is 4.37. The molecule has 1 rings (SSSR count). The van der Waals surface area contributed by atoms with E-state index in [0.29, 0.717) is 3.57 Å². The maximum Gasteiger partial charge on any atom is 0.280 e. The predicted octanol–water partition coefficient (Wildman–Crippen LogP) is 2.86. The second kappa shape index (κ2) is 3.69. The van der Waals surface area contributed by atoms with Crippen molar-refractivity contribution in [2.45, 2.75) is 6.43 Å². The highest BCUT2D eigenvalue weighted by Crippen LogP contribution is 2.27. The van der Waals surface area contributed by atoms with Crippen LogP contribution in [0.15, 0.2) is 6.07 Å². The molecule has 1 heterocycles. The molecule has 2 nitrogen and oxygen atoms in total. The standard InChI is InChI=1S/C6H4ClF2IN2/c7-5-4(11)2(10)1-3(12-5)6(8)9/h1,6H,11H2. The van der Waals surface area contributed by atoms with E-state index in [9.17, 15) is 8.78 Å². The molecule has 0 aromatic carbocycles. The van der Waals surface area contributed by atoms with E-state index in [1.54, 1.807) is 0 Å². The average molecular weight is 304 g/mol. The Morgan fingerprint density at radius 1 is 1.58 bits per heavy atom. The molecule has 12 heavy (non-hydrogen) atoms. The molecular weight excluding hydrogens is 300 g/mol. The van der Waals surface area contributed by atoms with Crippen molar-refractivity contribution in [3.05, 3.63) is 20.5 Å². The number of nitrogens with zero attached hydrogens (tertiary/aromatic N) is 1. The van der Waals surface area contributed by atoms with Crippen molar-refractivity contribution in [3.8, 4) is 0 Å². The molecule has 0 saturated heterocycles. The zero-order valence-corrected chi connectivity index (χ0v) is 8.60.